The van der Waals surface area contributed by atoms with E-state index in [9.17, 15) is 4.39 Å². The van der Waals surface area contributed by atoms with Crippen LogP contribution >= 0.6 is 31.9 Å². The van der Waals surface area contributed by atoms with Crippen molar-refractivity contribution in [1.82, 2.24) is 5.32 Å². The Kier molecular flexibility index (Phi) is 5.13. The summed E-state index contributed by atoms with van der Waals surface area (Å²) in [6, 6.07) is 13.4. The average molecular weight is 387 g/mol. The summed E-state index contributed by atoms with van der Waals surface area (Å²) in [6.07, 6.45) is 0. The Balaban J connectivity index is 2.04. The molecule has 100 valence electrons. The zero-order valence-electron chi connectivity index (χ0n) is 10.5. The van der Waals surface area contributed by atoms with Crippen LogP contribution < -0.4 is 5.32 Å². The molecule has 0 radical (unpaired) electrons. The first kappa shape index (κ1) is 14.7. The lowest BCUT2D eigenvalue weighted by Crippen LogP contribution is -2.18. The Bertz CT molecular complexity index is 572. The van der Waals surface area contributed by atoms with Crippen molar-refractivity contribution in [3.05, 3.63) is 68.4 Å². The second kappa shape index (κ2) is 6.64. The summed E-state index contributed by atoms with van der Waals surface area (Å²) in [6.45, 7) is 2.71. The molecule has 0 aliphatic rings. The van der Waals surface area contributed by atoms with Gasteiger partial charge in [0, 0.05) is 17.1 Å². The Morgan fingerprint density at radius 1 is 1.16 bits per heavy atom. The van der Waals surface area contributed by atoms with Crippen LogP contribution in [0.5, 0.6) is 0 Å². The second-order valence-corrected chi connectivity index (χ2v) is 6.08. The topological polar surface area (TPSA) is 12.0 Å². The first-order valence-electron chi connectivity index (χ1n) is 5.99. The quantitative estimate of drug-likeness (QED) is 0.761. The van der Waals surface area contributed by atoms with Gasteiger partial charge in [0.05, 0.1) is 4.47 Å². The first-order valence-corrected chi connectivity index (χ1v) is 7.58. The van der Waals surface area contributed by atoms with Gasteiger partial charge in [-0.25, -0.2) is 4.39 Å². The second-order valence-electron chi connectivity index (χ2n) is 4.37. The van der Waals surface area contributed by atoms with Gasteiger partial charge in [0.2, 0.25) is 0 Å². The first-order chi connectivity index (χ1) is 9.08. The van der Waals surface area contributed by atoms with E-state index < -0.39 is 0 Å². The molecule has 19 heavy (non-hydrogen) atoms. The molecule has 2 aromatic carbocycles. The van der Waals surface area contributed by atoms with Crippen molar-refractivity contribution >= 4 is 31.9 Å². The number of hydrogen-bond acceptors (Lipinski definition) is 1. The van der Waals surface area contributed by atoms with E-state index in [0.29, 0.717) is 11.0 Å². The molecule has 0 fully saturated rings. The van der Waals surface area contributed by atoms with Gasteiger partial charge in [-0.15, -0.1) is 0 Å². The summed E-state index contributed by atoms with van der Waals surface area (Å²) in [4.78, 5) is 0. The van der Waals surface area contributed by atoms with Crippen molar-refractivity contribution in [2.75, 3.05) is 0 Å². The fourth-order valence-corrected chi connectivity index (χ4v) is 2.66. The van der Waals surface area contributed by atoms with Gasteiger partial charge in [0.1, 0.15) is 5.82 Å². The predicted octanol–water partition coefficient (Wildman–Crippen LogP) is 5.20. The van der Waals surface area contributed by atoms with Crippen LogP contribution in [0.2, 0.25) is 0 Å². The van der Waals surface area contributed by atoms with Crippen LogP contribution in [0, 0.1) is 5.82 Å². The van der Waals surface area contributed by atoms with Gasteiger partial charge >= 0.3 is 0 Å². The lowest BCUT2D eigenvalue weighted by molar-refractivity contribution is 0.566. The summed E-state index contributed by atoms with van der Waals surface area (Å²) in [5.74, 6) is -0.227. The lowest BCUT2D eigenvalue weighted by atomic mass is 10.1. The Labute approximate surface area is 129 Å². The predicted molar refractivity (Wildman–Crippen MR) is 83.5 cm³/mol. The van der Waals surface area contributed by atoms with Crippen LogP contribution in [-0.2, 0) is 6.54 Å². The van der Waals surface area contributed by atoms with Crippen molar-refractivity contribution in [2.45, 2.75) is 19.5 Å². The molecule has 1 atom stereocenters. The SMILES string of the molecule is C[C@@H](NCc1cccc(F)c1Br)c1cccc(Br)c1. The highest BCUT2D eigenvalue weighted by atomic mass is 79.9. The highest BCUT2D eigenvalue weighted by Crippen LogP contribution is 2.22. The average Bonchev–Trinajstić information content (AvgIpc) is 2.40. The fraction of sp³-hybridized carbons (Fsp3) is 0.200. The Morgan fingerprint density at radius 3 is 2.63 bits per heavy atom. The highest BCUT2D eigenvalue weighted by molar-refractivity contribution is 9.10. The molecule has 0 aliphatic carbocycles. The molecule has 2 aromatic rings. The van der Waals surface area contributed by atoms with E-state index in [1.165, 1.54) is 11.6 Å². The van der Waals surface area contributed by atoms with Crippen molar-refractivity contribution < 1.29 is 4.39 Å². The monoisotopic (exact) mass is 385 g/mol. The maximum atomic E-state index is 13.4. The van der Waals surface area contributed by atoms with Gasteiger partial charge in [0.15, 0.2) is 0 Å². The molecule has 2 rings (SSSR count). The molecular formula is C15H14Br2FN. The largest absolute Gasteiger partial charge is 0.306 e. The molecule has 1 nitrogen and oxygen atoms in total. The van der Waals surface area contributed by atoms with Crippen LogP contribution in [0.4, 0.5) is 4.39 Å². The van der Waals surface area contributed by atoms with Crippen LogP contribution in [-0.4, -0.2) is 0 Å². The molecule has 0 amide bonds. The molecular weight excluding hydrogens is 373 g/mol. The third-order valence-electron chi connectivity index (χ3n) is 2.98. The van der Waals surface area contributed by atoms with Crippen LogP contribution in [0.3, 0.4) is 0 Å². The van der Waals surface area contributed by atoms with Gasteiger partial charge in [0.25, 0.3) is 0 Å². The smallest absolute Gasteiger partial charge is 0.137 e. The summed E-state index contributed by atoms with van der Waals surface area (Å²) in [7, 11) is 0. The minimum atomic E-state index is -0.227. The number of nitrogens with one attached hydrogen (secondary N) is 1. The molecule has 4 heteroatoms. The Hall–Kier alpha value is -0.710. The standard InChI is InChI=1S/C15H14Br2FN/c1-10(11-4-2-6-13(16)8-11)19-9-12-5-3-7-14(18)15(12)17/h2-8,10,19H,9H2,1H3/t10-/m1/s1. The summed E-state index contributed by atoms with van der Waals surface area (Å²) < 4.78 is 15.0. The number of rotatable bonds is 4. The van der Waals surface area contributed by atoms with E-state index in [2.05, 4.69) is 56.2 Å². The molecule has 0 bridgehead atoms. The van der Waals surface area contributed by atoms with E-state index >= 15 is 0 Å². The van der Waals surface area contributed by atoms with Gasteiger partial charge < -0.3 is 5.32 Å². The molecule has 0 aliphatic heterocycles. The van der Waals surface area contributed by atoms with Crippen LogP contribution in [0.1, 0.15) is 24.1 Å². The number of hydrogen-bond donors (Lipinski definition) is 1. The van der Waals surface area contributed by atoms with Crippen molar-refractivity contribution in [3.8, 4) is 0 Å². The van der Waals surface area contributed by atoms with Crippen molar-refractivity contribution in [2.24, 2.45) is 0 Å². The highest BCUT2D eigenvalue weighted by Gasteiger charge is 2.08. The minimum Gasteiger partial charge on any atom is -0.306 e. The molecule has 0 spiro atoms. The summed E-state index contributed by atoms with van der Waals surface area (Å²) in [5, 5.41) is 3.39. The third-order valence-corrected chi connectivity index (χ3v) is 4.36. The fourth-order valence-electron chi connectivity index (χ4n) is 1.84. The van der Waals surface area contributed by atoms with Crippen molar-refractivity contribution in [3.63, 3.8) is 0 Å². The van der Waals surface area contributed by atoms with E-state index in [0.717, 1.165) is 10.0 Å². The number of benzene rings is 2. The zero-order chi connectivity index (χ0) is 13.8. The van der Waals surface area contributed by atoms with E-state index in [1.54, 1.807) is 6.07 Å². The summed E-state index contributed by atoms with van der Waals surface area (Å²) >= 11 is 6.74. The summed E-state index contributed by atoms with van der Waals surface area (Å²) in [5.41, 5.74) is 2.11. The molecule has 0 unspecified atom stereocenters. The maximum Gasteiger partial charge on any atom is 0.137 e. The van der Waals surface area contributed by atoms with Gasteiger partial charge in [-0.1, -0.05) is 40.2 Å². The third kappa shape index (κ3) is 3.88. The number of halogens is 3. The molecule has 0 heterocycles. The van der Waals surface area contributed by atoms with Gasteiger partial charge in [-0.05, 0) is 52.2 Å². The van der Waals surface area contributed by atoms with E-state index in [-0.39, 0.29) is 11.9 Å². The Morgan fingerprint density at radius 2 is 1.89 bits per heavy atom. The lowest BCUT2D eigenvalue weighted by Gasteiger charge is -2.15. The molecule has 0 saturated carbocycles. The zero-order valence-corrected chi connectivity index (χ0v) is 13.6. The van der Waals surface area contributed by atoms with Gasteiger partial charge in [-0.2, -0.15) is 0 Å². The van der Waals surface area contributed by atoms with Crippen molar-refractivity contribution in [1.29, 1.82) is 0 Å². The van der Waals surface area contributed by atoms with Crippen LogP contribution in [0.25, 0.3) is 0 Å². The van der Waals surface area contributed by atoms with E-state index in [1.807, 2.05) is 18.2 Å². The van der Waals surface area contributed by atoms with Gasteiger partial charge in [-0.3, -0.25) is 0 Å². The maximum absolute atomic E-state index is 13.4. The molecule has 0 aromatic heterocycles. The normalized spacial score (nSPS) is 12.4. The van der Waals surface area contributed by atoms with Crippen LogP contribution in [0.15, 0.2) is 51.4 Å². The van der Waals surface area contributed by atoms with E-state index in [4.69, 9.17) is 0 Å². The molecule has 1 N–H and O–H groups in total. The molecule has 0 saturated heterocycles. The minimum absolute atomic E-state index is 0.202.